The Morgan fingerprint density at radius 3 is 2.43 bits per heavy atom. The smallest absolute Gasteiger partial charge is 0.150 e. The summed E-state index contributed by atoms with van der Waals surface area (Å²) < 4.78 is 5.32. The highest BCUT2D eigenvalue weighted by Crippen LogP contribution is 2.21. The van der Waals surface area contributed by atoms with Crippen LogP contribution in [-0.2, 0) is 9.53 Å². The molecular formula is C23H41N3O2. The molecule has 5 nitrogen and oxygen atoms in total. The summed E-state index contributed by atoms with van der Waals surface area (Å²) in [5.41, 5.74) is 3.24. The van der Waals surface area contributed by atoms with E-state index < -0.39 is 0 Å². The second kappa shape index (κ2) is 16.3. The van der Waals surface area contributed by atoms with Gasteiger partial charge < -0.3 is 19.9 Å². The van der Waals surface area contributed by atoms with Gasteiger partial charge in [0.15, 0.2) is 0 Å². The van der Waals surface area contributed by atoms with Crippen LogP contribution < -0.4 is 5.32 Å². The van der Waals surface area contributed by atoms with Crippen molar-refractivity contribution in [3.8, 4) is 0 Å². The molecule has 1 heterocycles. The maximum Gasteiger partial charge on any atom is 0.150 e. The third-order valence-corrected chi connectivity index (χ3v) is 4.77. The summed E-state index contributed by atoms with van der Waals surface area (Å²) in [7, 11) is 4.22. The molecular weight excluding hydrogens is 350 g/mol. The fourth-order valence-electron chi connectivity index (χ4n) is 2.65. The topological polar surface area (TPSA) is 44.8 Å². The number of hydrogen-bond acceptors (Lipinski definition) is 5. The molecule has 1 aliphatic heterocycles. The predicted molar refractivity (Wildman–Crippen MR) is 121 cm³/mol. The van der Waals surface area contributed by atoms with E-state index in [0.29, 0.717) is 11.5 Å². The Labute approximate surface area is 172 Å². The molecule has 0 amide bonds. The lowest BCUT2D eigenvalue weighted by Gasteiger charge is -2.22. The quantitative estimate of drug-likeness (QED) is 0.239. The van der Waals surface area contributed by atoms with Gasteiger partial charge in [-0.15, -0.1) is 0 Å². The van der Waals surface area contributed by atoms with E-state index in [0.717, 1.165) is 52.2 Å². The van der Waals surface area contributed by atoms with Gasteiger partial charge in [0.2, 0.25) is 0 Å². The van der Waals surface area contributed by atoms with Gasteiger partial charge in [0, 0.05) is 50.0 Å². The number of carbonyl (C=O) groups is 1. The van der Waals surface area contributed by atoms with Crippen molar-refractivity contribution in [1.82, 2.24) is 15.1 Å². The second-order valence-electron chi connectivity index (χ2n) is 7.11. The third kappa shape index (κ3) is 11.9. The summed E-state index contributed by atoms with van der Waals surface area (Å²) >= 11 is 0. The SMILES string of the molecule is C=C/C=C(/C=O)C=CC1CNC(C)=C1C.CCOCCN(CC)CCN(C)C. The fourth-order valence-corrected chi connectivity index (χ4v) is 2.65. The van der Waals surface area contributed by atoms with Crippen molar-refractivity contribution in [3.63, 3.8) is 0 Å². The molecule has 0 aromatic heterocycles. The highest BCUT2D eigenvalue weighted by Gasteiger charge is 2.15. The number of rotatable bonds is 12. The largest absolute Gasteiger partial charge is 0.388 e. The lowest BCUT2D eigenvalue weighted by molar-refractivity contribution is -0.104. The molecule has 1 unspecified atom stereocenters. The van der Waals surface area contributed by atoms with Crippen molar-refractivity contribution in [2.45, 2.75) is 27.7 Å². The first-order valence-corrected chi connectivity index (χ1v) is 10.2. The van der Waals surface area contributed by atoms with E-state index in [1.807, 2.05) is 13.0 Å². The van der Waals surface area contributed by atoms with Crippen LogP contribution in [-0.4, -0.2) is 76.1 Å². The van der Waals surface area contributed by atoms with Gasteiger partial charge in [-0.2, -0.15) is 0 Å². The molecule has 1 aliphatic rings. The Hall–Kier alpha value is -1.69. The highest BCUT2D eigenvalue weighted by molar-refractivity contribution is 5.77. The first-order valence-electron chi connectivity index (χ1n) is 10.2. The zero-order chi connectivity index (χ0) is 21.4. The summed E-state index contributed by atoms with van der Waals surface area (Å²) in [5.74, 6) is 0.401. The molecule has 1 rings (SSSR count). The molecule has 0 saturated carbocycles. The fraction of sp³-hybridized carbons (Fsp3) is 0.609. The number of aldehydes is 1. The molecule has 0 spiro atoms. The molecule has 1 atom stereocenters. The van der Waals surface area contributed by atoms with Crippen LogP contribution in [0.15, 0.2) is 47.7 Å². The molecule has 1 N–H and O–H groups in total. The number of ether oxygens (including phenoxy) is 1. The van der Waals surface area contributed by atoms with Gasteiger partial charge in [-0.05, 0) is 47.0 Å². The van der Waals surface area contributed by atoms with Crippen LogP contribution >= 0.6 is 0 Å². The summed E-state index contributed by atoms with van der Waals surface area (Å²) in [6.07, 6.45) is 8.07. The number of nitrogens with one attached hydrogen (secondary N) is 1. The normalized spacial score (nSPS) is 17.1. The van der Waals surface area contributed by atoms with E-state index in [1.54, 1.807) is 12.2 Å². The summed E-state index contributed by atoms with van der Waals surface area (Å²) in [6, 6.07) is 0. The average Bonchev–Trinajstić information content (AvgIpc) is 3.00. The van der Waals surface area contributed by atoms with Crippen LogP contribution in [0.2, 0.25) is 0 Å². The average molecular weight is 392 g/mol. The van der Waals surface area contributed by atoms with Gasteiger partial charge in [-0.25, -0.2) is 0 Å². The third-order valence-electron chi connectivity index (χ3n) is 4.77. The number of likely N-dealkylation sites (N-methyl/N-ethyl adjacent to an activating group) is 2. The minimum absolute atomic E-state index is 0.401. The van der Waals surface area contributed by atoms with Crippen molar-refractivity contribution in [3.05, 3.63) is 47.7 Å². The van der Waals surface area contributed by atoms with E-state index in [2.05, 4.69) is 62.6 Å². The Morgan fingerprint density at radius 2 is 1.96 bits per heavy atom. The summed E-state index contributed by atoms with van der Waals surface area (Å²) in [4.78, 5) is 15.3. The molecule has 0 aromatic carbocycles. The molecule has 160 valence electrons. The van der Waals surface area contributed by atoms with Gasteiger partial charge in [0.05, 0.1) is 6.61 Å². The number of hydrogen-bond donors (Lipinski definition) is 1. The van der Waals surface area contributed by atoms with Gasteiger partial charge in [-0.1, -0.05) is 37.8 Å². The lowest BCUT2D eigenvalue weighted by Crippen LogP contribution is -2.34. The van der Waals surface area contributed by atoms with Gasteiger partial charge in [0.25, 0.3) is 0 Å². The molecule has 0 aromatic rings. The monoisotopic (exact) mass is 391 g/mol. The van der Waals surface area contributed by atoms with E-state index in [4.69, 9.17) is 4.74 Å². The van der Waals surface area contributed by atoms with Crippen molar-refractivity contribution in [1.29, 1.82) is 0 Å². The number of allylic oxidation sites excluding steroid dienone is 5. The molecule has 0 bridgehead atoms. The first kappa shape index (κ1) is 26.3. The Kier molecular flexibility index (Phi) is 15.3. The van der Waals surface area contributed by atoms with Gasteiger partial charge in [0.1, 0.15) is 6.29 Å². The molecule has 0 aliphatic carbocycles. The van der Waals surface area contributed by atoms with Crippen LogP contribution in [0.25, 0.3) is 0 Å². The van der Waals surface area contributed by atoms with Crippen LogP contribution in [0.5, 0.6) is 0 Å². The van der Waals surface area contributed by atoms with Gasteiger partial charge >= 0.3 is 0 Å². The Bertz CT molecular complexity index is 536. The number of carbonyl (C=O) groups excluding carboxylic acids is 1. The van der Waals surface area contributed by atoms with E-state index in [1.165, 1.54) is 11.3 Å². The van der Waals surface area contributed by atoms with Crippen LogP contribution in [0.3, 0.4) is 0 Å². The first-order chi connectivity index (χ1) is 13.4. The van der Waals surface area contributed by atoms with Crippen LogP contribution in [0, 0.1) is 5.92 Å². The Morgan fingerprint density at radius 1 is 1.25 bits per heavy atom. The Balaban J connectivity index is 0.000000528. The lowest BCUT2D eigenvalue weighted by atomic mass is 10.0. The maximum absolute atomic E-state index is 10.7. The van der Waals surface area contributed by atoms with Crippen molar-refractivity contribution in [2.75, 3.05) is 60.0 Å². The predicted octanol–water partition coefficient (Wildman–Crippen LogP) is 3.27. The minimum Gasteiger partial charge on any atom is -0.388 e. The summed E-state index contributed by atoms with van der Waals surface area (Å²) in [6.45, 7) is 19.0. The zero-order valence-electron chi connectivity index (χ0n) is 18.8. The minimum atomic E-state index is 0.401. The van der Waals surface area contributed by atoms with Crippen molar-refractivity contribution >= 4 is 6.29 Å². The van der Waals surface area contributed by atoms with E-state index in [-0.39, 0.29) is 0 Å². The zero-order valence-corrected chi connectivity index (χ0v) is 18.8. The highest BCUT2D eigenvalue weighted by atomic mass is 16.5. The van der Waals surface area contributed by atoms with Crippen LogP contribution in [0.4, 0.5) is 0 Å². The molecule has 0 radical (unpaired) electrons. The van der Waals surface area contributed by atoms with E-state index in [9.17, 15) is 4.79 Å². The standard InChI is InChI=1S/C13H17NO.C10H24N2O/c1-4-5-12(9-15)6-7-13-8-14-11(3)10(13)2;1-5-12(8-7-11(3)4)9-10-13-6-2/h4-7,9,13-14H,1,8H2,2-3H3;5-10H2,1-4H3/b7-6?,12-5+;. The van der Waals surface area contributed by atoms with E-state index >= 15 is 0 Å². The second-order valence-corrected chi connectivity index (χ2v) is 7.11. The molecule has 5 heteroatoms. The summed E-state index contributed by atoms with van der Waals surface area (Å²) in [5, 5.41) is 3.29. The maximum atomic E-state index is 10.7. The van der Waals surface area contributed by atoms with Gasteiger partial charge in [-0.3, -0.25) is 4.79 Å². The molecule has 28 heavy (non-hydrogen) atoms. The number of nitrogens with zero attached hydrogens (tertiary/aromatic N) is 2. The molecule has 0 fully saturated rings. The van der Waals surface area contributed by atoms with Crippen molar-refractivity contribution < 1.29 is 9.53 Å². The van der Waals surface area contributed by atoms with Crippen LogP contribution in [0.1, 0.15) is 27.7 Å². The van der Waals surface area contributed by atoms with Crippen molar-refractivity contribution in [2.24, 2.45) is 5.92 Å². The molecule has 0 saturated heterocycles.